The van der Waals surface area contributed by atoms with E-state index >= 15 is 0 Å². The van der Waals surface area contributed by atoms with Crippen LogP contribution in [0.5, 0.6) is 0 Å². The van der Waals surface area contributed by atoms with Crippen LogP contribution in [-0.2, 0) is 0 Å². The van der Waals surface area contributed by atoms with E-state index in [-0.39, 0.29) is 6.03 Å². The van der Waals surface area contributed by atoms with Crippen LogP contribution in [0.15, 0.2) is 0 Å². The standard InChI is InChI=1S/C11H22N2OS/c1-10(2)4-3-5-12-11(14)13-6-8-15-9-7-13/h10H,3-9H2,1-2H3,(H,12,14). The van der Waals surface area contributed by atoms with Gasteiger partial charge in [0.05, 0.1) is 0 Å². The van der Waals surface area contributed by atoms with Crippen LogP contribution in [0.4, 0.5) is 4.79 Å². The zero-order chi connectivity index (χ0) is 11.1. The molecule has 0 aromatic carbocycles. The molecular formula is C11H22N2OS. The fourth-order valence-corrected chi connectivity index (χ4v) is 2.49. The molecule has 1 rings (SSSR count). The lowest BCUT2D eigenvalue weighted by atomic mass is 10.1. The number of urea groups is 1. The van der Waals surface area contributed by atoms with Crippen molar-refractivity contribution in [2.75, 3.05) is 31.1 Å². The van der Waals surface area contributed by atoms with E-state index in [1.807, 2.05) is 16.7 Å². The monoisotopic (exact) mass is 230 g/mol. The number of nitrogens with one attached hydrogen (secondary N) is 1. The lowest BCUT2D eigenvalue weighted by Crippen LogP contribution is -2.44. The molecule has 0 radical (unpaired) electrons. The second-order valence-electron chi connectivity index (χ2n) is 4.37. The molecule has 1 N–H and O–H groups in total. The molecule has 1 aliphatic heterocycles. The molecule has 0 bridgehead atoms. The van der Waals surface area contributed by atoms with Gasteiger partial charge in [-0.3, -0.25) is 0 Å². The van der Waals surface area contributed by atoms with Gasteiger partial charge in [0.2, 0.25) is 0 Å². The number of amides is 2. The summed E-state index contributed by atoms with van der Waals surface area (Å²) in [7, 11) is 0. The highest BCUT2D eigenvalue weighted by atomic mass is 32.2. The lowest BCUT2D eigenvalue weighted by Gasteiger charge is -2.26. The second kappa shape index (κ2) is 6.99. The number of hydrogen-bond donors (Lipinski definition) is 1. The fraction of sp³-hybridized carbons (Fsp3) is 0.909. The molecule has 0 aromatic heterocycles. The average Bonchev–Trinajstić information content (AvgIpc) is 2.25. The van der Waals surface area contributed by atoms with Gasteiger partial charge in [-0.25, -0.2) is 4.79 Å². The molecule has 15 heavy (non-hydrogen) atoms. The highest BCUT2D eigenvalue weighted by molar-refractivity contribution is 7.99. The maximum Gasteiger partial charge on any atom is 0.317 e. The number of nitrogens with zero attached hydrogens (tertiary/aromatic N) is 1. The van der Waals surface area contributed by atoms with E-state index in [4.69, 9.17) is 0 Å². The summed E-state index contributed by atoms with van der Waals surface area (Å²) in [4.78, 5) is 13.6. The van der Waals surface area contributed by atoms with Crippen molar-refractivity contribution in [3.8, 4) is 0 Å². The van der Waals surface area contributed by atoms with E-state index in [1.54, 1.807) is 0 Å². The van der Waals surface area contributed by atoms with Crippen molar-refractivity contribution in [3.05, 3.63) is 0 Å². The van der Waals surface area contributed by atoms with E-state index in [0.29, 0.717) is 0 Å². The Labute approximate surface area is 97.0 Å². The Balaban J connectivity index is 2.07. The van der Waals surface area contributed by atoms with Crippen molar-refractivity contribution in [2.45, 2.75) is 26.7 Å². The predicted octanol–water partition coefficient (Wildman–Crippen LogP) is 2.18. The molecule has 3 nitrogen and oxygen atoms in total. The van der Waals surface area contributed by atoms with Gasteiger partial charge in [0.1, 0.15) is 0 Å². The number of rotatable bonds is 4. The Morgan fingerprint density at radius 2 is 2.07 bits per heavy atom. The molecule has 0 aliphatic carbocycles. The van der Waals surface area contributed by atoms with Gasteiger partial charge in [-0.1, -0.05) is 13.8 Å². The number of hydrogen-bond acceptors (Lipinski definition) is 2. The first-order chi connectivity index (χ1) is 7.20. The first-order valence-electron chi connectivity index (χ1n) is 5.80. The van der Waals surface area contributed by atoms with Crippen LogP contribution < -0.4 is 5.32 Å². The van der Waals surface area contributed by atoms with Crippen LogP contribution in [0.25, 0.3) is 0 Å². The van der Waals surface area contributed by atoms with Gasteiger partial charge in [-0.15, -0.1) is 0 Å². The van der Waals surface area contributed by atoms with Gasteiger partial charge in [0.15, 0.2) is 0 Å². The summed E-state index contributed by atoms with van der Waals surface area (Å²) in [5.41, 5.74) is 0. The topological polar surface area (TPSA) is 32.3 Å². The minimum absolute atomic E-state index is 0.124. The summed E-state index contributed by atoms with van der Waals surface area (Å²) in [6, 6.07) is 0.124. The molecule has 88 valence electrons. The highest BCUT2D eigenvalue weighted by Gasteiger charge is 2.15. The quantitative estimate of drug-likeness (QED) is 0.751. The van der Waals surface area contributed by atoms with Crippen molar-refractivity contribution in [1.82, 2.24) is 10.2 Å². The average molecular weight is 230 g/mol. The molecule has 1 fully saturated rings. The van der Waals surface area contributed by atoms with Crippen LogP contribution in [0.1, 0.15) is 26.7 Å². The van der Waals surface area contributed by atoms with E-state index in [1.165, 1.54) is 6.42 Å². The Morgan fingerprint density at radius 3 is 2.67 bits per heavy atom. The van der Waals surface area contributed by atoms with E-state index in [0.717, 1.165) is 43.5 Å². The maximum atomic E-state index is 11.6. The molecule has 0 aromatic rings. The molecule has 1 aliphatic rings. The van der Waals surface area contributed by atoms with Crippen LogP contribution >= 0.6 is 11.8 Å². The van der Waals surface area contributed by atoms with Crippen molar-refractivity contribution in [1.29, 1.82) is 0 Å². The summed E-state index contributed by atoms with van der Waals surface area (Å²) in [6.07, 6.45) is 2.28. The van der Waals surface area contributed by atoms with E-state index in [2.05, 4.69) is 19.2 Å². The zero-order valence-corrected chi connectivity index (χ0v) is 10.6. The van der Waals surface area contributed by atoms with Gasteiger partial charge < -0.3 is 10.2 Å². The van der Waals surface area contributed by atoms with Crippen molar-refractivity contribution in [3.63, 3.8) is 0 Å². The maximum absolute atomic E-state index is 11.6. The smallest absolute Gasteiger partial charge is 0.317 e. The van der Waals surface area contributed by atoms with E-state index in [9.17, 15) is 4.79 Å². The highest BCUT2D eigenvalue weighted by Crippen LogP contribution is 2.09. The Bertz CT molecular complexity index is 191. The molecule has 0 spiro atoms. The minimum atomic E-state index is 0.124. The molecule has 0 saturated carbocycles. The lowest BCUT2D eigenvalue weighted by molar-refractivity contribution is 0.202. The van der Waals surface area contributed by atoms with Gasteiger partial charge in [-0.05, 0) is 18.8 Å². The summed E-state index contributed by atoms with van der Waals surface area (Å²) in [6.45, 7) is 7.05. The number of thioether (sulfide) groups is 1. The van der Waals surface area contributed by atoms with E-state index < -0.39 is 0 Å². The summed E-state index contributed by atoms with van der Waals surface area (Å²) < 4.78 is 0. The van der Waals surface area contributed by atoms with Crippen molar-refractivity contribution in [2.24, 2.45) is 5.92 Å². The second-order valence-corrected chi connectivity index (χ2v) is 5.59. The third kappa shape index (κ3) is 5.30. The molecule has 2 amide bonds. The predicted molar refractivity (Wildman–Crippen MR) is 66.4 cm³/mol. The molecular weight excluding hydrogens is 208 g/mol. The zero-order valence-electron chi connectivity index (χ0n) is 9.79. The van der Waals surface area contributed by atoms with Crippen LogP contribution in [-0.4, -0.2) is 42.1 Å². The van der Waals surface area contributed by atoms with Crippen LogP contribution in [0.3, 0.4) is 0 Å². The SMILES string of the molecule is CC(C)CCCNC(=O)N1CCSCC1. The summed E-state index contributed by atoms with van der Waals surface area (Å²) >= 11 is 1.93. The van der Waals surface area contributed by atoms with Crippen LogP contribution in [0, 0.1) is 5.92 Å². The van der Waals surface area contributed by atoms with Crippen molar-refractivity contribution < 1.29 is 4.79 Å². The summed E-state index contributed by atoms with van der Waals surface area (Å²) in [5.74, 6) is 2.90. The number of carbonyl (C=O) groups is 1. The minimum Gasteiger partial charge on any atom is -0.338 e. The molecule has 0 atom stereocenters. The molecule has 1 heterocycles. The number of carbonyl (C=O) groups excluding carboxylic acids is 1. The first-order valence-corrected chi connectivity index (χ1v) is 6.96. The van der Waals surface area contributed by atoms with Crippen LogP contribution in [0.2, 0.25) is 0 Å². The van der Waals surface area contributed by atoms with Crippen molar-refractivity contribution >= 4 is 17.8 Å². The van der Waals surface area contributed by atoms with Gasteiger partial charge in [0.25, 0.3) is 0 Å². The first kappa shape index (κ1) is 12.7. The normalized spacial score (nSPS) is 16.9. The van der Waals surface area contributed by atoms with Gasteiger partial charge >= 0.3 is 6.03 Å². The largest absolute Gasteiger partial charge is 0.338 e. The van der Waals surface area contributed by atoms with Gasteiger partial charge in [-0.2, -0.15) is 11.8 Å². The molecule has 4 heteroatoms. The Morgan fingerprint density at radius 1 is 1.40 bits per heavy atom. The fourth-order valence-electron chi connectivity index (χ4n) is 1.58. The summed E-state index contributed by atoms with van der Waals surface area (Å²) in [5, 5.41) is 2.99. The third-order valence-electron chi connectivity index (χ3n) is 2.53. The molecule has 0 unspecified atom stereocenters. The Kier molecular flexibility index (Phi) is 5.91. The third-order valence-corrected chi connectivity index (χ3v) is 3.48. The van der Waals surface area contributed by atoms with Gasteiger partial charge in [0, 0.05) is 31.1 Å². The molecule has 1 saturated heterocycles. The Hall–Kier alpha value is -0.380.